The first-order valence-corrected chi connectivity index (χ1v) is 6.31. The van der Waals surface area contributed by atoms with Crippen LogP contribution in [-0.2, 0) is 24.5 Å². The van der Waals surface area contributed by atoms with Gasteiger partial charge < -0.3 is 18.9 Å². The van der Waals surface area contributed by atoms with Crippen LogP contribution in [0.2, 0.25) is 0 Å². The lowest BCUT2D eigenvalue weighted by atomic mass is 10.4. The maximum atomic E-state index is 5.66. The maximum Gasteiger partial charge on any atom is 0.129 e. The highest BCUT2D eigenvalue weighted by Crippen LogP contribution is 2.19. The van der Waals surface area contributed by atoms with E-state index in [1.807, 2.05) is 24.3 Å². The fourth-order valence-electron chi connectivity index (χ4n) is 1.77. The molecular weight excluding hydrogens is 230 g/mol. The Morgan fingerprint density at radius 2 is 1.94 bits per heavy atom. The molecule has 2 aromatic heterocycles. The third kappa shape index (κ3) is 3.24. The largest absolute Gasteiger partial charge is 0.467 e. The first-order valence-electron chi connectivity index (χ1n) is 6.31. The van der Waals surface area contributed by atoms with Crippen molar-refractivity contribution in [3.8, 4) is 0 Å². The Labute approximate surface area is 106 Å². The van der Waals surface area contributed by atoms with E-state index in [0.29, 0.717) is 19.3 Å². The monoisotopic (exact) mass is 247 g/mol. The van der Waals surface area contributed by atoms with Crippen LogP contribution in [0, 0.1) is 0 Å². The van der Waals surface area contributed by atoms with Crippen molar-refractivity contribution in [2.75, 3.05) is 0 Å². The lowest BCUT2D eigenvalue weighted by molar-refractivity contribution is 0.0795. The SMILES string of the molecule is c1coc(COCc2ccc(CNC3CC3)o2)c1. The highest BCUT2D eigenvalue weighted by atomic mass is 16.5. The van der Waals surface area contributed by atoms with Gasteiger partial charge in [0.25, 0.3) is 0 Å². The predicted molar refractivity (Wildman–Crippen MR) is 65.8 cm³/mol. The Bertz CT molecular complexity index is 471. The summed E-state index contributed by atoms with van der Waals surface area (Å²) >= 11 is 0. The fourth-order valence-corrected chi connectivity index (χ4v) is 1.77. The minimum atomic E-state index is 0.476. The van der Waals surface area contributed by atoms with Gasteiger partial charge in [0.15, 0.2) is 0 Å². The minimum absolute atomic E-state index is 0.476. The molecule has 0 spiro atoms. The molecule has 18 heavy (non-hydrogen) atoms. The number of hydrogen-bond acceptors (Lipinski definition) is 4. The summed E-state index contributed by atoms with van der Waals surface area (Å²) in [6.45, 7) is 1.76. The van der Waals surface area contributed by atoms with Crippen LogP contribution in [0.3, 0.4) is 0 Å². The van der Waals surface area contributed by atoms with Crippen molar-refractivity contribution in [1.82, 2.24) is 5.32 Å². The van der Waals surface area contributed by atoms with E-state index in [4.69, 9.17) is 13.6 Å². The topological polar surface area (TPSA) is 47.5 Å². The Balaban J connectivity index is 1.41. The first-order chi connectivity index (χ1) is 8.90. The Morgan fingerprint density at radius 3 is 2.72 bits per heavy atom. The molecule has 0 aliphatic heterocycles. The Hall–Kier alpha value is -1.52. The van der Waals surface area contributed by atoms with E-state index in [9.17, 15) is 0 Å². The van der Waals surface area contributed by atoms with Crippen molar-refractivity contribution in [3.05, 3.63) is 47.8 Å². The van der Waals surface area contributed by atoms with Crippen LogP contribution in [0.15, 0.2) is 39.4 Å². The summed E-state index contributed by atoms with van der Waals surface area (Å²) in [5.74, 6) is 2.66. The number of ether oxygens (including phenoxy) is 1. The molecule has 0 atom stereocenters. The highest BCUT2D eigenvalue weighted by Gasteiger charge is 2.20. The second-order valence-corrected chi connectivity index (χ2v) is 4.60. The van der Waals surface area contributed by atoms with E-state index in [1.54, 1.807) is 6.26 Å². The maximum absolute atomic E-state index is 5.66. The molecule has 2 aromatic rings. The Morgan fingerprint density at radius 1 is 1.11 bits per heavy atom. The van der Waals surface area contributed by atoms with Crippen molar-refractivity contribution < 1.29 is 13.6 Å². The lowest BCUT2D eigenvalue weighted by Gasteiger charge is -2.00. The van der Waals surface area contributed by atoms with E-state index < -0.39 is 0 Å². The zero-order chi connectivity index (χ0) is 12.2. The quantitative estimate of drug-likeness (QED) is 0.817. The summed E-state index contributed by atoms with van der Waals surface area (Å²) in [6.07, 6.45) is 4.23. The van der Waals surface area contributed by atoms with E-state index in [0.717, 1.165) is 23.8 Å². The normalized spacial score (nSPS) is 15.1. The molecule has 96 valence electrons. The van der Waals surface area contributed by atoms with Gasteiger partial charge in [0.05, 0.1) is 12.8 Å². The number of rotatable bonds is 7. The van der Waals surface area contributed by atoms with Gasteiger partial charge in [0.2, 0.25) is 0 Å². The smallest absolute Gasteiger partial charge is 0.129 e. The van der Waals surface area contributed by atoms with Gasteiger partial charge in [-0.05, 0) is 37.1 Å². The molecule has 0 radical (unpaired) electrons. The molecule has 0 aromatic carbocycles. The highest BCUT2D eigenvalue weighted by molar-refractivity contribution is 5.07. The predicted octanol–water partition coefficient (Wildman–Crippen LogP) is 2.84. The molecule has 4 nitrogen and oxygen atoms in total. The van der Waals surface area contributed by atoms with E-state index in [-0.39, 0.29) is 0 Å². The summed E-state index contributed by atoms with van der Waals surface area (Å²) in [5.41, 5.74) is 0. The van der Waals surface area contributed by atoms with Gasteiger partial charge in [-0.1, -0.05) is 0 Å². The number of hydrogen-bond donors (Lipinski definition) is 1. The molecule has 2 heterocycles. The second kappa shape index (κ2) is 5.42. The van der Waals surface area contributed by atoms with Crippen molar-refractivity contribution >= 4 is 0 Å². The van der Waals surface area contributed by atoms with Gasteiger partial charge in [0, 0.05) is 6.04 Å². The molecular formula is C14H17NO3. The van der Waals surface area contributed by atoms with Gasteiger partial charge in [-0.25, -0.2) is 0 Å². The van der Waals surface area contributed by atoms with Crippen LogP contribution in [0.5, 0.6) is 0 Å². The van der Waals surface area contributed by atoms with Gasteiger partial charge in [-0.15, -0.1) is 0 Å². The van der Waals surface area contributed by atoms with Crippen LogP contribution < -0.4 is 5.32 Å². The van der Waals surface area contributed by atoms with Gasteiger partial charge in [-0.2, -0.15) is 0 Å². The molecule has 1 aliphatic carbocycles. The molecule has 1 aliphatic rings. The fraction of sp³-hybridized carbons (Fsp3) is 0.429. The average Bonchev–Trinajstić information content (AvgIpc) is 2.89. The zero-order valence-electron chi connectivity index (χ0n) is 10.2. The molecule has 1 saturated carbocycles. The summed E-state index contributed by atoms with van der Waals surface area (Å²) in [6, 6.07) is 8.42. The Kier molecular flexibility index (Phi) is 3.48. The molecule has 0 saturated heterocycles. The molecule has 0 unspecified atom stereocenters. The van der Waals surface area contributed by atoms with Gasteiger partial charge in [0.1, 0.15) is 30.5 Å². The molecule has 1 fully saturated rings. The first kappa shape index (κ1) is 11.6. The van der Waals surface area contributed by atoms with Crippen LogP contribution >= 0.6 is 0 Å². The van der Waals surface area contributed by atoms with Crippen molar-refractivity contribution in [1.29, 1.82) is 0 Å². The van der Waals surface area contributed by atoms with E-state index in [2.05, 4.69) is 5.32 Å². The number of furan rings is 2. The van der Waals surface area contributed by atoms with E-state index >= 15 is 0 Å². The molecule has 1 N–H and O–H groups in total. The average molecular weight is 247 g/mol. The third-order valence-electron chi connectivity index (χ3n) is 2.93. The van der Waals surface area contributed by atoms with Crippen LogP contribution in [0.1, 0.15) is 30.1 Å². The third-order valence-corrected chi connectivity index (χ3v) is 2.93. The summed E-state index contributed by atoms with van der Waals surface area (Å²) < 4.78 is 16.4. The van der Waals surface area contributed by atoms with Crippen LogP contribution in [-0.4, -0.2) is 6.04 Å². The zero-order valence-corrected chi connectivity index (χ0v) is 10.2. The van der Waals surface area contributed by atoms with Gasteiger partial charge >= 0.3 is 0 Å². The van der Waals surface area contributed by atoms with Gasteiger partial charge in [-0.3, -0.25) is 0 Å². The van der Waals surface area contributed by atoms with Crippen LogP contribution in [0.4, 0.5) is 0 Å². The van der Waals surface area contributed by atoms with Crippen molar-refractivity contribution in [3.63, 3.8) is 0 Å². The summed E-state index contributed by atoms with van der Waals surface area (Å²) in [7, 11) is 0. The van der Waals surface area contributed by atoms with Crippen molar-refractivity contribution in [2.24, 2.45) is 0 Å². The van der Waals surface area contributed by atoms with Crippen molar-refractivity contribution in [2.45, 2.75) is 38.6 Å². The molecule has 0 bridgehead atoms. The van der Waals surface area contributed by atoms with E-state index in [1.165, 1.54) is 12.8 Å². The minimum Gasteiger partial charge on any atom is -0.467 e. The van der Waals surface area contributed by atoms with Crippen LogP contribution in [0.25, 0.3) is 0 Å². The number of nitrogens with one attached hydrogen (secondary N) is 1. The summed E-state index contributed by atoms with van der Waals surface area (Å²) in [5, 5.41) is 3.42. The summed E-state index contributed by atoms with van der Waals surface area (Å²) in [4.78, 5) is 0. The second-order valence-electron chi connectivity index (χ2n) is 4.60. The molecule has 0 amide bonds. The standard InChI is InChI=1S/C14H17NO3/c1-2-13(17-7-1)9-16-10-14-6-5-12(18-14)8-15-11-3-4-11/h1-2,5-7,11,15H,3-4,8-10H2. The lowest BCUT2D eigenvalue weighted by Crippen LogP contribution is -2.14. The molecule has 4 heteroatoms. The molecule has 3 rings (SSSR count).